The molecule has 0 saturated carbocycles. The summed E-state index contributed by atoms with van der Waals surface area (Å²) < 4.78 is 77.3. The van der Waals surface area contributed by atoms with Gasteiger partial charge in [-0.2, -0.15) is 13.2 Å². The van der Waals surface area contributed by atoms with E-state index in [1.54, 1.807) is 0 Å². The minimum absolute atomic E-state index is 0.0124. The van der Waals surface area contributed by atoms with Crippen LogP contribution in [-0.4, -0.2) is 32.1 Å². The predicted octanol–water partition coefficient (Wildman–Crippen LogP) is 4.15. The number of amides is 1. The highest BCUT2D eigenvalue weighted by atomic mass is 32.2. The molecule has 0 bridgehead atoms. The molecule has 0 saturated heterocycles. The van der Waals surface area contributed by atoms with E-state index in [1.807, 2.05) is 11.6 Å². The molecule has 0 radical (unpaired) electrons. The van der Waals surface area contributed by atoms with E-state index in [0.717, 1.165) is 37.3 Å². The highest BCUT2D eigenvalue weighted by Crippen LogP contribution is 2.30. The summed E-state index contributed by atoms with van der Waals surface area (Å²) in [5, 5.41) is 5.37. The lowest BCUT2D eigenvalue weighted by molar-refractivity contribution is -0.141. The quantitative estimate of drug-likeness (QED) is 0.265. The maximum atomic E-state index is 14.0. The second-order valence-electron chi connectivity index (χ2n) is 7.15. The molecule has 180 valence electrons. The van der Waals surface area contributed by atoms with Crippen LogP contribution in [0.15, 0.2) is 36.4 Å². The fraction of sp³-hybridized carbons (Fsp3) is 0.333. The smallest absolute Gasteiger partial charge is 0.370 e. The van der Waals surface area contributed by atoms with Crippen LogP contribution in [0.2, 0.25) is 0 Å². The molecule has 0 atom stereocenters. The SMILES string of the molecule is CCCCNc1nc(C(F)(F)F)ccc1/C=C/C(=O)NCc1ccc(NS(C)(=O)=O)c(F)c1. The average molecular weight is 489 g/mol. The first-order chi connectivity index (χ1) is 15.4. The van der Waals surface area contributed by atoms with Crippen LogP contribution in [0.3, 0.4) is 0 Å². The van der Waals surface area contributed by atoms with E-state index in [0.29, 0.717) is 17.7 Å². The number of hydrogen-bond donors (Lipinski definition) is 3. The number of pyridine rings is 1. The zero-order chi connectivity index (χ0) is 24.6. The number of alkyl halides is 3. The first-order valence-electron chi connectivity index (χ1n) is 9.93. The first kappa shape index (κ1) is 26.1. The predicted molar refractivity (Wildman–Crippen MR) is 118 cm³/mol. The number of anilines is 2. The third kappa shape index (κ3) is 8.72. The summed E-state index contributed by atoms with van der Waals surface area (Å²) in [5.41, 5.74) is -0.577. The van der Waals surface area contributed by atoms with Crippen molar-refractivity contribution >= 4 is 33.5 Å². The molecule has 3 N–H and O–H groups in total. The van der Waals surface area contributed by atoms with Gasteiger partial charge in [0.15, 0.2) is 0 Å². The Morgan fingerprint density at radius 1 is 1.18 bits per heavy atom. The molecule has 0 aliphatic rings. The molecule has 0 aliphatic heterocycles. The Kier molecular flexibility index (Phi) is 8.80. The summed E-state index contributed by atoms with van der Waals surface area (Å²) in [4.78, 5) is 15.7. The Morgan fingerprint density at radius 2 is 1.91 bits per heavy atom. The van der Waals surface area contributed by atoms with Crippen LogP contribution in [-0.2, 0) is 27.5 Å². The van der Waals surface area contributed by atoms with Gasteiger partial charge in [-0.05, 0) is 42.3 Å². The minimum atomic E-state index is -4.59. The number of rotatable bonds is 10. The molecular formula is C21H24F4N4O3S. The molecule has 33 heavy (non-hydrogen) atoms. The number of unbranched alkanes of at least 4 members (excludes halogenated alkanes) is 1. The van der Waals surface area contributed by atoms with Gasteiger partial charge in [0.2, 0.25) is 15.9 Å². The van der Waals surface area contributed by atoms with Crippen molar-refractivity contribution in [1.82, 2.24) is 10.3 Å². The van der Waals surface area contributed by atoms with Crippen molar-refractivity contribution in [1.29, 1.82) is 0 Å². The van der Waals surface area contributed by atoms with Crippen LogP contribution in [0.1, 0.15) is 36.6 Å². The van der Waals surface area contributed by atoms with Crippen molar-refractivity contribution in [3.05, 3.63) is 59.0 Å². The van der Waals surface area contributed by atoms with Gasteiger partial charge in [-0.15, -0.1) is 0 Å². The lowest BCUT2D eigenvalue weighted by Crippen LogP contribution is -2.20. The molecule has 1 aromatic carbocycles. The molecule has 2 aromatic rings. The average Bonchev–Trinajstić information content (AvgIpc) is 2.71. The Balaban J connectivity index is 2.06. The Morgan fingerprint density at radius 3 is 2.52 bits per heavy atom. The summed E-state index contributed by atoms with van der Waals surface area (Å²) >= 11 is 0. The summed E-state index contributed by atoms with van der Waals surface area (Å²) in [6.45, 7) is 2.31. The lowest BCUT2D eigenvalue weighted by atomic mass is 10.2. The van der Waals surface area contributed by atoms with Gasteiger partial charge in [-0.1, -0.05) is 19.4 Å². The van der Waals surface area contributed by atoms with Crippen LogP contribution in [0.5, 0.6) is 0 Å². The summed E-state index contributed by atoms with van der Waals surface area (Å²) in [5.74, 6) is -1.35. The Bertz CT molecular complexity index is 1120. The van der Waals surface area contributed by atoms with Gasteiger partial charge in [0, 0.05) is 24.7 Å². The molecular weight excluding hydrogens is 464 g/mol. The second-order valence-corrected chi connectivity index (χ2v) is 8.90. The van der Waals surface area contributed by atoms with Crippen LogP contribution < -0.4 is 15.4 Å². The van der Waals surface area contributed by atoms with Gasteiger partial charge in [-0.25, -0.2) is 17.8 Å². The third-order valence-electron chi connectivity index (χ3n) is 4.25. The number of hydrogen-bond acceptors (Lipinski definition) is 5. The molecule has 12 heteroatoms. The number of sulfonamides is 1. The molecule has 0 unspecified atom stereocenters. The van der Waals surface area contributed by atoms with E-state index >= 15 is 0 Å². The Labute approximate surface area is 189 Å². The van der Waals surface area contributed by atoms with Crippen LogP contribution in [0.25, 0.3) is 6.08 Å². The monoisotopic (exact) mass is 488 g/mol. The third-order valence-corrected chi connectivity index (χ3v) is 4.84. The maximum Gasteiger partial charge on any atom is 0.433 e. The number of benzene rings is 1. The normalized spacial score (nSPS) is 12.1. The fourth-order valence-electron chi connectivity index (χ4n) is 2.65. The molecule has 1 heterocycles. The molecule has 2 rings (SSSR count). The van der Waals surface area contributed by atoms with Crippen molar-refractivity contribution < 1.29 is 30.8 Å². The minimum Gasteiger partial charge on any atom is -0.370 e. The number of halogens is 4. The Hall–Kier alpha value is -3.15. The number of carbonyl (C=O) groups excluding carboxylic acids is 1. The molecule has 7 nitrogen and oxygen atoms in total. The van der Waals surface area contributed by atoms with Crippen LogP contribution >= 0.6 is 0 Å². The van der Waals surface area contributed by atoms with E-state index in [1.165, 1.54) is 24.3 Å². The molecule has 1 amide bonds. The highest BCUT2D eigenvalue weighted by Gasteiger charge is 2.32. The van der Waals surface area contributed by atoms with Crippen LogP contribution in [0.4, 0.5) is 29.1 Å². The molecule has 1 aromatic heterocycles. The van der Waals surface area contributed by atoms with E-state index in [4.69, 9.17) is 0 Å². The van der Waals surface area contributed by atoms with Crippen molar-refractivity contribution in [3.63, 3.8) is 0 Å². The largest absolute Gasteiger partial charge is 0.433 e. The van der Waals surface area contributed by atoms with Gasteiger partial charge in [0.25, 0.3) is 0 Å². The van der Waals surface area contributed by atoms with Crippen molar-refractivity contribution in [2.24, 2.45) is 0 Å². The molecule has 0 fully saturated rings. The summed E-state index contributed by atoms with van der Waals surface area (Å²) in [6.07, 6.45) is 0.329. The van der Waals surface area contributed by atoms with Gasteiger partial charge in [0.05, 0.1) is 11.9 Å². The second kappa shape index (κ2) is 11.1. The maximum absolute atomic E-state index is 14.0. The van der Waals surface area contributed by atoms with E-state index < -0.39 is 33.6 Å². The van der Waals surface area contributed by atoms with Crippen molar-refractivity contribution in [3.8, 4) is 0 Å². The van der Waals surface area contributed by atoms with Crippen molar-refractivity contribution in [2.45, 2.75) is 32.5 Å². The summed E-state index contributed by atoms with van der Waals surface area (Å²) in [7, 11) is -3.64. The standard InChI is InChI=1S/C21H24F4N4O3S/c1-3-4-11-26-20-15(6-9-18(28-20)21(23,24)25)7-10-19(30)27-13-14-5-8-17(16(22)12-14)29-33(2,31)32/h5-10,12,29H,3-4,11,13H2,1-2H3,(H,26,28)(H,27,30)/b10-7+. The van der Waals surface area contributed by atoms with E-state index in [9.17, 15) is 30.8 Å². The van der Waals surface area contributed by atoms with Gasteiger partial charge in [-0.3, -0.25) is 9.52 Å². The number of carbonyl (C=O) groups is 1. The number of aromatic nitrogens is 1. The topological polar surface area (TPSA) is 100 Å². The van der Waals surface area contributed by atoms with Gasteiger partial charge < -0.3 is 10.6 Å². The lowest BCUT2D eigenvalue weighted by Gasteiger charge is -2.12. The zero-order valence-electron chi connectivity index (χ0n) is 18.0. The number of nitrogens with zero attached hydrogens (tertiary/aromatic N) is 1. The zero-order valence-corrected chi connectivity index (χ0v) is 18.8. The molecule has 0 spiro atoms. The van der Waals surface area contributed by atoms with Gasteiger partial charge >= 0.3 is 6.18 Å². The molecule has 0 aliphatic carbocycles. The van der Waals surface area contributed by atoms with E-state index in [2.05, 4.69) is 15.6 Å². The van der Waals surface area contributed by atoms with Crippen molar-refractivity contribution in [2.75, 3.05) is 22.8 Å². The van der Waals surface area contributed by atoms with Gasteiger partial charge in [0.1, 0.15) is 17.3 Å². The first-order valence-corrected chi connectivity index (χ1v) is 11.8. The highest BCUT2D eigenvalue weighted by molar-refractivity contribution is 7.92. The summed E-state index contributed by atoms with van der Waals surface area (Å²) in [6, 6.07) is 5.80. The van der Waals surface area contributed by atoms with Crippen LogP contribution in [0, 0.1) is 5.82 Å². The number of nitrogens with one attached hydrogen (secondary N) is 3. The fourth-order valence-corrected chi connectivity index (χ4v) is 3.22. The van der Waals surface area contributed by atoms with E-state index in [-0.39, 0.29) is 18.1 Å².